The fourth-order valence-electron chi connectivity index (χ4n) is 5.04. The van der Waals surface area contributed by atoms with E-state index in [1.165, 1.54) is 6.20 Å². The van der Waals surface area contributed by atoms with Crippen LogP contribution >= 0.6 is 12.4 Å². The average Bonchev–Trinajstić information content (AvgIpc) is 3.43. The molecule has 0 amide bonds. The van der Waals surface area contributed by atoms with Gasteiger partial charge in [-0.2, -0.15) is 0 Å². The molecule has 30 heavy (non-hydrogen) atoms. The minimum Gasteiger partial charge on any atom is -0.477 e. The lowest BCUT2D eigenvalue weighted by atomic mass is 9.77. The van der Waals surface area contributed by atoms with Crippen LogP contribution < -0.4 is 16.1 Å². The molecular weight excluding hydrogens is 409 g/mol. The van der Waals surface area contributed by atoms with Crippen molar-refractivity contribution < 1.29 is 14.3 Å². The Bertz CT molecular complexity index is 1090. The quantitative estimate of drug-likeness (QED) is 0.726. The van der Waals surface area contributed by atoms with E-state index in [2.05, 4.69) is 13.0 Å². The molecule has 1 aliphatic heterocycles. The molecule has 4 unspecified atom stereocenters. The molecule has 160 valence electrons. The summed E-state index contributed by atoms with van der Waals surface area (Å²) in [5.74, 6) is -0.711. The molecule has 1 aromatic carbocycles. The highest BCUT2D eigenvalue weighted by Gasteiger charge is 2.41. The van der Waals surface area contributed by atoms with Crippen molar-refractivity contribution in [1.82, 2.24) is 4.57 Å². The van der Waals surface area contributed by atoms with Crippen molar-refractivity contribution in [2.45, 2.75) is 31.8 Å². The number of hydrogen-bond donors (Lipinski definition) is 2. The Morgan fingerprint density at radius 3 is 2.53 bits per heavy atom. The van der Waals surface area contributed by atoms with E-state index in [4.69, 9.17) is 5.73 Å². The predicted molar refractivity (Wildman–Crippen MR) is 116 cm³/mol. The van der Waals surface area contributed by atoms with E-state index >= 15 is 4.39 Å². The molecule has 2 aliphatic carbocycles. The van der Waals surface area contributed by atoms with Gasteiger partial charge in [-0.1, -0.05) is 19.1 Å². The summed E-state index contributed by atoms with van der Waals surface area (Å²) in [6, 6.07) is 3.20. The maximum absolute atomic E-state index is 15.8. The number of carbonyl (C=O) groups is 1. The zero-order chi connectivity index (χ0) is 20.4. The highest BCUT2D eigenvalue weighted by Crippen LogP contribution is 2.42. The third kappa shape index (κ3) is 3.11. The number of aromatic nitrogens is 1. The van der Waals surface area contributed by atoms with Crippen molar-refractivity contribution in [2.24, 2.45) is 23.5 Å². The highest BCUT2D eigenvalue weighted by molar-refractivity contribution is 5.94. The van der Waals surface area contributed by atoms with Gasteiger partial charge in [0, 0.05) is 42.7 Å². The summed E-state index contributed by atoms with van der Waals surface area (Å²) >= 11 is 0. The number of nitrogens with two attached hydrogens (primary N) is 1. The number of aromatic carboxylic acids is 1. The van der Waals surface area contributed by atoms with Crippen molar-refractivity contribution in [3.05, 3.63) is 52.1 Å². The topological polar surface area (TPSA) is 88.6 Å². The van der Waals surface area contributed by atoms with Gasteiger partial charge in [0.05, 0.1) is 11.2 Å². The largest absolute Gasteiger partial charge is 0.477 e. The van der Waals surface area contributed by atoms with Gasteiger partial charge in [-0.25, -0.2) is 9.18 Å². The van der Waals surface area contributed by atoms with Crippen LogP contribution in [0, 0.1) is 23.6 Å². The lowest BCUT2D eigenvalue weighted by Gasteiger charge is -2.30. The van der Waals surface area contributed by atoms with Crippen molar-refractivity contribution in [3.8, 4) is 0 Å². The summed E-state index contributed by atoms with van der Waals surface area (Å²) in [6.07, 6.45) is 7.21. The van der Waals surface area contributed by atoms with Crippen LogP contribution in [0.15, 0.2) is 35.3 Å². The minimum absolute atomic E-state index is 0. The third-order valence-electron chi connectivity index (χ3n) is 6.84. The van der Waals surface area contributed by atoms with Crippen molar-refractivity contribution in [1.29, 1.82) is 0 Å². The van der Waals surface area contributed by atoms with Crippen molar-refractivity contribution in [2.75, 3.05) is 18.0 Å². The van der Waals surface area contributed by atoms with Gasteiger partial charge in [0.1, 0.15) is 5.56 Å². The van der Waals surface area contributed by atoms with E-state index < -0.39 is 17.2 Å². The Hall–Kier alpha value is -2.38. The molecule has 5 rings (SSSR count). The fraction of sp³-hybridized carbons (Fsp3) is 0.455. The maximum Gasteiger partial charge on any atom is 0.341 e. The lowest BCUT2D eigenvalue weighted by Crippen LogP contribution is -2.38. The molecule has 1 aromatic heterocycles. The normalized spacial score (nSPS) is 27.8. The first-order chi connectivity index (χ1) is 13.9. The number of carboxylic acid groups (broad SMARTS) is 1. The molecule has 0 radical (unpaired) electrons. The summed E-state index contributed by atoms with van der Waals surface area (Å²) in [6.45, 7) is 3.55. The Balaban J connectivity index is 0.00000218. The molecule has 0 bridgehead atoms. The Morgan fingerprint density at radius 2 is 1.90 bits per heavy atom. The highest BCUT2D eigenvalue weighted by atomic mass is 35.5. The number of rotatable bonds is 3. The molecule has 3 N–H and O–H groups in total. The summed E-state index contributed by atoms with van der Waals surface area (Å²) in [5.41, 5.74) is 6.01. The van der Waals surface area contributed by atoms with Crippen LogP contribution in [0.5, 0.6) is 0 Å². The van der Waals surface area contributed by atoms with Crippen LogP contribution in [0.1, 0.15) is 36.2 Å². The molecule has 2 aromatic rings. The first-order valence-electron chi connectivity index (χ1n) is 10.2. The number of nitrogens with zero attached hydrogens (tertiary/aromatic N) is 2. The Labute approximate surface area is 179 Å². The van der Waals surface area contributed by atoms with Gasteiger partial charge < -0.3 is 20.3 Å². The third-order valence-corrected chi connectivity index (χ3v) is 6.84. The van der Waals surface area contributed by atoms with Crippen molar-refractivity contribution in [3.63, 3.8) is 0 Å². The zero-order valence-electron chi connectivity index (χ0n) is 16.6. The number of fused-ring (bicyclic) bond motifs is 2. The van der Waals surface area contributed by atoms with Gasteiger partial charge >= 0.3 is 5.97 Å². The summed E-state index contributed by atoms with van der Waals surface area (Å²) in [7, 11) is 0. The van der Waals surface area contributed by atoms with Crippen LogP contribution in [0.4, 0.5) is 10.1 Å². The van der Waals surface area contributed by atoms with Crippen LogP contribution in [-0.4, -0.2) is 34.8 Å². The molecule has 2 heterocycles. The first kappa shape index (κ1) is 20.9. The number of anilines is 1. The van der Waals surface area contributed by atoms with E-state index in [0.717, 1.165) is 12.8 Å². The van der Waals surface area contributed by atoms with Gasteiger partial charge in [-0.15, -0.1) is 12.4 Å². The minimum atomic E-state index is -1.28. The molecular formula is C22H25ClFN3O3. The molecule has 0 spiro atoms. The molecule has 4 atom stereocenters. The van der Waals surface area contributed by atoms with Gasteiger partial charge in [-0.05, 0) is 36.8 Å². The first-order valence-corrected chi connectivity index (χ1v) is 10.2. The second kappa shape index (κ2) is 7.39. The van der Waals surface area contributed by atoms with E-state index in [1.807, 2.05) is 11.0 Å². The number of hydrogen-bond acceptors (Lipinski definition) is 4. The summed E-state index contributed by atoms with van der Waals surface area (Å²) in [5, 5.41) is 9.51. The van der Waals surface area contributed by atoms with E-state index in [1.54, 1.807) is 16.7 Å². The number of benzene rings is 1. The van der Waals surface area contributed by atoms with Crippen molar-refractivity contribution >= 4 is 35.0 Å². The van der Waals surface area contributed by atoms with Crippen LogP contribution in [0.3, 0.4) is 0 Å². The maximum atomic E-state index is 15.8. The van der Waals surface area contributed by atoms with Gasteiger partial charge in [0.2, 0.25) is 5.43 Å². The van der Waals surface area contributed by atoms with Crippen LogP contribution in [0.25, 0.3) is 10.9 Å². The number of carboxylic acids is 1. The smallest absolute Gasteiger partial charge is 0.341 e. The van der Waals surface area contributed by atoms with Crippen LogP contribution in [0.2, 0.25) is 0 Å². The Kier molecular flexibility index (Phi) is 5.14. The number of allylic oxidation sites excluding steroid dienone is 1. The molecule has 6 nitrogen and oxygen atoms in total. The molecule has 2 fully saturated rings. The summed E-state index contributed by atoms with van der Waals surface area (Å²) < 4.78 is 17.4. The average molecular weight is 434 g/mol. The molecule has 3 aliphatic rings. The monoisotopic (exact) mass is 433 g/mol. The van der Waals surface area contributed by atoms with Gasteiger partial charge in [-0.3, -0.25) is 4.79 Å². The summed E-state index contributed by atoms with van der Waals surface area (Å²) in [4.78, 5) is 26.2. The standard InChI is InChI=1S/C22H24FN3O3.ClH/c1-11-2-6-17(24)15-9-25(8-14(11)15)18-7-5-13-20(19(18)23)26(12-3-4-12)10-16(21(13)27)22(28)29;/h2,5-7,10-12,14-15,17H,3-4,8-9,24H2,1H3,(H,28,29);1H. The second-order valence-corrected chi connectivity index (χ2v) is 8.66. The second-order valence-electron chi connectivity index (χ2n) is 8.66. The number of halogens is 2. The van der Waals surface area contributed by atoms with Gasteiger partial charge in [0.15, 0.2) is 5.82 Å². The van der Waals surface area contributed by atoms with Crippen LogP contribution in [-0.2, 0) is 0 Å². The van der Waals surface area contributed by atoms with E-state index in [9.17, 15) is 14.7 Å². The van der Waals surface area contributed by atoms with E-state index in [0.29, 0.717) is 30.6 Å². The lowest BCUT2D eigenvalue weighted by molar-refractivity contribution is 0.0695. The molecule has 1 saturated carbocycles. The number of pyridine rings is 1. The molecule has 8 heteroatoms. The molecule has 1 saturated heterocycles. The zero-order valence-corrected chi connectivity index (χ0v) is 17.4. The van der Waals surface area contributed by atoms with E-state index in [-0.39, 0.29) is 46.9 Å². The SMILES string of the molecule is CC1C=CC(N)C2CN(c3ccc4c(=O)c(C(=O)O)cn(C5CC5)c4c3F)CC12.Cl. The predicted octanol–water partition coefficient (Wildman–Crippen LogP) is 3.18. The Morgan fingerprint density at radius 1 is 1.20 bits per heavy atom. The van der Waals surface area contributed by atoms with Gasteiger partial charge in [0.25, 0.3) is 0 Å². The fourth-order valence-corrected chi connectivity index (χ4v) is 5.04.